The summed E-state index contributed by atoms with van der Waals surface area (Å²) in [6.45, 7) is 0.375. The summed E-state index contributed by atoms with van der Waals surface area (Å²) >= 11 is 0. The van der Waals surface area contributed by atoms with Crippen molar-refractivity contribution in [3.63, 3.8) is 0 Å². The van der Waals surface area contributed by atoms with E-state index in [1.54, 1.807) is 42.5 Å². The second kappa shape index (κ2) is 9.97. The summed E-state index contributed by atoms with van der Waals surface area (Å²) in [5.74, 6) is 0. The first kappa shape index (κ1) is 23.2. The first-order chi connectivity index (χ1) is 17.5. The minimum atomic E-state index is -3.83. The number of carbonyl (C=O) groups excluding carboxylic acids is 1. The van der Waals surface area contributed by atoms with Crippen molar-refractivity contribution >= 4 is 38.3 Å². The third-order valence-electron chi connectivity index (χ3n) is 5.73. The van der Waals surface area contributed by atoms with Gasteiger partial charge in [0.1, 0.15) is 0 Å². The highest BCUT2D eigenvalue weighted by Gasteiger charge is 2.19. The number of urea groups is 1. The lowest BCUT2D eigenvalue weighted by molar-refractivity contribution is 0.251. The molecule has 180 valence electrons. The Hall–Kier alpha value is -4.56. The fraction of sp³-hybridized carbons (Fsp3) is 0.0357. The van der Waals surface area contributed by atoms with Crippen LogP contribution in [0.2, 0.25) is 0 Å². The van der Waals surface area contributed by atoms with Gasteiger partial charge in [-0.3, -0.25) is 4.72 Å². The van der Waals surface area contributed by atoms with Crippen LogP contribution in [0.4, 0.5) is 16.2 Å². The Balaban J connectivity index is 1.22. The highest BCUT2D eigenvalue weighted by Crippen LogP contribution is 2.28. The standard InChI is InChI=1S/C28H24N4O3S/c33-28(30-19-20-10-11-22-16-17-29-26(22)18-20)31-23-12-14-24(15-13-23)32-36(34,35)27-9-5-4-8-25(27)21-6-2-1-3-7-21/h1-18,29,32H,19H2,(H2,30,31,33). The van der Waals surface area contributed by atoms with E-state index < -0.39 is 10.0 Å². The van der Waals surface area contributed by atoms with Gasteiger partial charge in [-0.05, 0) is 59.0 Å². The molecule has 1 heterocycles. The van der Waals surface area contributed by atoms with Crippen LogP contribution < -0.4 is 15.4 Å². The van der Waals surface area contributed by atoms with Gasteiger partial charge < -0.3 is 15.6 Å². The fourth-order valence-corrected chi connectivity index (χ4v) is 5.24. The molecule has 5 rings (SSSR count). The van der Waals surface area contributed by atoms with Crippen LogP contribution in [0.25, 0.3) is 22.0 Å². The maximum atomic E-state index is 13.1. The lowest BCUT2D eigenvalue weighted by Gasteiger charge is -2.13. The normalized spacial score (nSPS) is 11.2. The van der Waals surface area contributed by atoms with Crippen molar-refractivity contribution in [1.82, 2.24) is 10.3 Å². The summed E-state index contributed by atoms with van der Waals surface area (Å²) in [5.41, 5.74) is 4.36. The number of amides is 2. The van der Waals surface area contributed by atoms with E-state index in [4.69, 9.17) is 0 Å². The minimum absolute atomic E-state index is 0.190. The van der Waals surface area contributed by atoms with Gasteiger partial charge in [0.05, 0.1) is 4.90 Å². The number of H-pyrrole nitrogens is 1. The average Bonchev–Trinajstić information content (AvgIpc) is 3.37. The minimum Gasteiger partial charge on any atom is -0.361 e. The number of hydrogen-bond donors (Lipinski definition) is 4. The Bertz CT molecular complexity index is 1610. The molecule has 0 saturated heterocycles. The topological polar surface area (TPSA) is 103 Å². The number of anilines is 2. The van der Waals surface area contributed by atoms with Gasteiger partial charge >= 0.3 is 6.03 Å². The quantitative estimate of drug-likeness (QED) is 0.224. The third-order valence-corrected chi connectivity index (χ3v) is 7.17. The smallest absolute Gasteiger partial charge is 0.319 e. The zero-order valence-corrected chi connectivity index (χ0v) is 20.0. The number of nitrogens with one attached hydrogen (secondary N) is 4. The Morgan fingerprint density at radius 3 is 2.31 bits per heavy atom. The predicted octanol–water partition coefficient (Wildman–Crippen LogP) is 5.96. The molecule has 5 aromatic rings. The van der Waals surface area contributed by atoms with E-state index in [1.807, 2.05) is 66.9 Å². The van der Waals surface area contributed by atoms with Crippen LogP contribution in [0.15, 0.2) is 114 Å². The SMILES string of the molecule is O=C(NCc1ccc2cc[nH]c2c1)Nc1ccc(NS(=O)(=O)c2ccccc2-c2ccccc2)cc1. The molecule has 4 N–H and O–H groups in total. The molecule has 0 fully saturated rings. The molecular weight excluding hydrogens is 472 g/mol. The lowest BCUT2D eigenvalue weighted by atomic mass is 10.1. The van der Waals surface area contributed by atoms with E-state index in [-0.39, 0.29) is 10.9 Å². The van der Waals surface area contributed by atoms with Crippen molar-refractivity contribution in [2.45, 2.75) is 11.4 Å². The van der Waals surface area contributed by atoms with Crippen molar-refractivity contribution in [3.05, 3.63) is 115 Å². The number of carbonyl (C=O) groups is 1. The van der Waals surface area contributed by atoms with Gasteiger partial charge in [0.25, 0.3) is 10.0 Å². The van der Waals surface area contributed by atoms with Gasteiger partial charge in [0.15, 0.2) is 0 Å². The maximum Gasteiger partial charge on any atom is 0.319 e. The van der Waals surface area contributed by atoms with Gasteiger partial charge in [-0.15, -0.1) is 0 Å². The highest BCUT2D eigenvalue weighted by molar-refractivity contribution is 7.92. The summed E-state index contributed by atoms with van der Waals surface area (Å²) in [6.07, 6.45) is 1.88. The van der Waals surface area contributed by atoms with Gasteiger partial charge in [0.2, 0.25) is 0 Å². The summed E-state index contributed by atoms with van der Waals surface area (Å²) in [4.78, 5) is 15.7. The van der Waals surface area contributed by atoms with Gasteiger partial charge in [0, 0.05) is 35.2 Å². The molecule has 36 heavy (non-hydrogen) atoms. The molecule has 0 spiro atoms. The molecule has 0 saturated carbocycles. The molecule has 0 unspecified atom stereocenters. The number of aromatic nitrogens is 1. The zero-order valence-electron chi connectivity index (χ0n) is 19.2. The molecule has 7 nitrogen and oxygen atoms in total. The van der Waals surface area contributed by atoms with Crippen LogP contribution in [0, 0.1) is 0 Å². The molecule has 0 aliphatic rings. The van der Waals surface area contributed by atoms with E-state index in [2.05, 4.69) is 20.3 Å². The van der Waals surface area contributed by atoms with Crippen molar-refractivity contribution in [3.8, 4) is 11.1 Å². The monoisotopic (exact) mass is 496 g/mol. The molecule has 0 atom stereocenters. The van der Waals surface area contributed by atoms with E-state index in [9.17, 15) is 13.2 Å². The van der Waals surface area contributed by atoms with E-state index in [1.165, 1.54) is 0 Å². The molecule has 1 aromatic heterocycles. The van der Waals surface area contributed by atoms with Crippen LogP contribution in [0.5, 0.6) is 0 Å². The summed E-state index contributed by atoms with van der Waals surface area (Å²) < 4.78 is 28.9. The Morgan fingerprint density at radius 2 is 1.50 bits per heavy atom. The number of rotatable bonds is 7. The molecule has 0 aliphatic heterocycles. The Morgan fingerprint density at radius 1 is 0.778 bits per heavy atom. The molecule has 8 heteroatoms. The van der Waals surface area contributed by atoms with Crippen molar-refractivity contribution in [2.75, 3.05) is 10.0 Å². The van der Waals surface area contributed by atoms with E-state index in [0.717, 1.165) is 22.0 Å². The third kappa shape index (κ3) is 5.24. The Labute approximate surface area is 209 Å². The largest absolute Gasteiger partial charge is 0.361 e. The number of sulfonamides is 1. The van der Waals surface area contributed by atoms with Crippen LogP contribution in [0.3, 0.4) is 0 Å². The van der Waals surface area contributed by atoms with Gasteiger partial charge in [-0.25, -0.2) is 13.2 Å². The van der Waals surface area contributed by atoms with Crippen LogP contribution in [-0.2, 0) is 16.6 Å². The van der Waals surface area contributed by atoms with E-state index in [0.29, 0.717) is 23.5 Å². The zero-order chi connectivity index (χ0) is 25.0. The molecule has 0 radical (unpaired) electrons. The highest BCUT2D eigenvalue weighted by atomic mass is 32.2. The number of fused-ring (bicyclic) bond motifs is 1. The first-order valence-corrected chi connectivity index (χ1v) is 12.8. The van der Waals surface area contributed by atoms with Crippen molar-refractivity contribution in [2.24, 2.45) is 0 Å². The van der Waals surface area contributed by atoms with Crippen molar-refractivity contribution in [1.29, 1.82) is 0 Å². The lowest BCUT2D eigenvalue weighted by Crippen LogP contribution is -2.28. The second-order valence-electron chi connectivity index (χ2n) is 8.25. The number of aromatic amines is 1. The van der Waals surface area contributed by atoms with Gasteiger partial charge in [-0.1, -0.05) is 60.7 Å². The second-order valence-corrected chi connectivity index (χ2v) is 9.90. The van der Waals surface area contributed by atoms with E-state index >= 15 is 0 Å². The van der Waals surface area contributed by atoms with Crippen molar-refractivity contribution < 1.29 is 13.2 Å². The fourth-order valence-electron chi connectivity index (χ4n) is 3.95. The van der Waals surface area contributed by atoms with Gasteiger partial charge in [-0.2, -0.15) is 0 Å². The Kier molecular flexibility index (Phi) is 6.42. The number of benzene rings is 4. The molecule has 0 aliphatic carbocycles. The molecule has 4 aromatic carbocycles. The summed E-state index contributed by atoms with van der Waals surface area (Å²) in [5, 5.41) is 6.70. The number of hydrogen-bond acceptors (Lipinski definition) is 3. The molecular formula is C28H24N4O3S. The first-order valence-electron chi connectivity index (χ1n) is 11.4. The molecule has 0 bridgehead atoms. The van der Waals surface area contributed by atoms with Crippen LogP contribution >= 0.6 is 0 Å². The summed E-state index contributed by atoms with van der Waals surface area (Å²) in [6, 6.07) is 30.3. The van der Waals surface area contributed by atoms with Crippen LogP contribution in [0.1, 0.15) is 5.56 Å². The van der Waals surface area contributed by atoms with Crippen LogP contribution in [-0.4, -0.2) is 19.4 Å². The maximum absolute atomic E-state index is 13.1. The molecule has 2 amide bonds. The predicted molar refractivity (Wildman–Crippen MR) is 143 cm³/mol. The average molecular weight is 497 g/mol. The summed E-state index contributed by atoms with van der Waals surface area (Å²) in [7, 11) is -3.83.